The zero-order valence-corrected chi connectivity index (χ0v) is 33.0. The van der Waals surface area contributed by atoms with Gasteiger partial charge in [-0.1, -0.05) is 37.3 Å². The second-order valence-electron chi connectivity index (χ2n) is 14.8. The molecular weight excluding hydrogens is 727 g/mol. The fraction of sp³-hybridized carbons (Fsp3) is 0.375. The molecule has 4 rings (SSSR count). The fourth-order valence-electron chi connectivity index (χ4n) is 5.66. The van der Waals surface area contributed by atoms with Crippen LogP contribution in [0, 0.1) is 0 Å². The molecule has 4 aromatic rings. The van der Waals surface area contributed by atoms with Crippen LogP contribution in [0.4, 0.5) is 21.0 Å². The number of benzene rings is 3. The number of carboxylic acid groups (broad SMARTS) is 1. The number of carbonyl (C=O) groups excluding carboxylic acids is 3. The number of sulfone groups is 1. The topological polar surface area (TPSA) is 199 Å². The minimum absolute atomic E-state index is 0.00518. The third kappa shape index (κ3) is 11.2. The molecule has 55 heavy (non-hydrogen) atoms. The first kappa shape index (κ1) is 42.2. The molecule has 0 aliphatic carbocycles. The Hall–Kier alpha value is -5.54. The molecular formula is C40H49N5O9S. The molecule has 1 heterocycles. The van der Waals surface area contributed by atoms with Crippen LogP contribution in [-0.4, -0.2) is 64.5 Å². The minimum atomic E-state index is -3.47. The summed E-state index contributed by atoms with van der Waals surface area (Å²) in [6.45, 7) is 11.3. The van der Waals surface area contributed by atoms with E-state index in [-0.39, 0.29) is 40.8 Å². The van der Waals surface area contributed by atoms with Gasteiger partial charge in [-0.2, -0.15) is 0 Å². The van der Waals surface area contributed by atoms with Gasteiger partial charge in [0, 0.05) is 36.4 Å². The van der Waals surface area contributed by atoms with E-state index >= 15 is 0 Å². The molecule has 0 fully saturated rings. The van der Waals surface area contributed by atoms with Gasteiger partial charge in [0.15, 0.2) is 15.9 Å². The van der Waals surface area contributed by atoms with Crippen LogP contribution in [0.3, 0.4) is 0 Å². The zero-order valence-electron chi connectivity index (χ0n) is 32.2. The van der Waals surface area contributed by atoms with Gasteiger partial charge < -0.3 is 25.6 Å². The predicted octanol–water partition coefficient (Wildman–Crippen LogP) is 7.17. The van der Waals surface area contributed by atoms with Crippen molar-refractivity contribution in [2.45, 2.75) is 96.4 Å². The Morgan fingerprint density at radius 1 is 0.873 bits per heavy atom. The maximum Gasteiger partial charge on any atom is 0.439 e. The number of pyridine rings is 1. The Balaban J connectivity index is 1.62. The van der Waals surface area contributed by atoms with E-state index in [0.717, 1.165) is 16.0 Å². The molecule has 1 unspecified atom stereocenters. The highest BCUT2D eigenvalue weighted by Crippen LogP contribution is 2.34. The monoisotopic (exact) mass is 775 g/mol. The number of ether oxygens (including phenoxy) is 2. The number of aromatic nitrogens is 1. The molecule has 294 valence electrons. The average molecular weight is 776 g/mol. The number of nitrogens with two attached hydrogens (primary N) is 1. The summed E-state index contributed by atoms with van der Waals surface area (Å²) < 4.78 is 36.0. The van der Waals surface area contributed by atoms with Gasteiger partial charge in [-0.05, 0) is 113 Å². The summed E-state index contributed by atoms with van der Waals surface area (Å²) in [6.07, 6.45) is 2.00. The van der Waals surface area contributed by atoms with E-state index in [0.29, 0.717) is 34.5 Å². The zero-order chi connectivity index (χ0) is 40.7. The van der Waals surface area contributed by atoms with Crippen LogP contribution in [0.1, 0.15) is 84.0 Å². The molecule has 14 nitrogen and oxygen atoms in total. The molecule has 0 bridgehead atoms. The molecule has 1 aromatic heterocycles. The van der Waals surface area contributed by atoms with Crippen molar-refractivity contribution in [1.29, 1.82) is 0 Å². The Kier molecular flexibility index (Phi) is 13.3. The number of anilines is 2. The van der Waals surface area contributed by atoms with Crippen molar-refractivity contribution in [3.05, 3.63) is 95.8 Å². The summed E-state index contributed by atoms with van der Waals surface area (Å²) >= 11 is 0. The first-order chi connectivity index (χ1) is 25.7. The van der Waals surface area contributed by atoms with E-state index in [1.165, 1.54) is 12.1 Å². The summed E-state index contributed by atoms with van der Waals surface area (Å²) in [5.41, 5.74) is 5.77. The third-order valence-corrected chi connectivity index (χ3v) is 9.99. The van der Waals surface area contributed by atoms with Crippen molar-refractivity contribution in [3.8, 4) is 0 Å². The number of amides is 3. The molecule has 3 aromatic carbocycles. The molecule has 0 aliphatic heterocycles. The van der Waals surface area contributed by atoms with E-state index < -0.39 is 45.2 Å². The molecule has 0 aliphatic rings. The number of carbonyl (C=O) groups is 4. The normalized spacial score (nSPS) is 12.4. The third-order valence-electron chi connectivity index (χ3n) is 8.16. The predicted molar refractivity (Wildman–Crippen MR) is 209 cm³/mol. The van der Waals surface area contributed by atoms with Crippen molar-refractivity contribution >= 4 is 56.0 Å². The number of aryl methyl sites for hydroxylation is 1. The number of nitrogens with zero attached hydrogens (tertiary/aromatic N) is 3. The van der Waals surface area contributed by atoms with Crippen LogP contribution in [0.5, 0.6) is 0 Å². The van der Waals surface area contributed by atoms with E-state index in [4.69, 9.17) is 15.2 Å². The average Bonchev–Trinajstić information content (AvgIpc) is 3.10. The summed E-state index contributed by atoms with van der Waals surface area (Å²) in [7, 11) is -3.47. The van der Waals surface area contributed by atoms with Gasteiger partial charge in [-0.25, -0.2) is 22.8 Å². The second-order valence-corrected chi connectivity index (χ2v) is 17.1. The van der Waals surface area contributed by atoms with Gasteiger partial charge in [0.2, 0.25) is 5.91 Å². The van der Waals surface area contributed by atoms with Crippen LogP contribution < -0.4 is 16.1 Å². The standard InChI is InChI=1S/C40H49N5O9S/c1-8-55(51,52)33-19-17-31(22-30(33)24-41)43-34(46)11-9-10-26-12-14-27(15-13-26)35(36(47)48)44(32-18-16-29-25-42-21-20-28(29)23-32)45(37(49)53-39(2,3)4)38(50)54-40(5,6)7/h12-23,25,35H,8-11,24,41H2,1-7H3,(H,43,46)(H,47,48). The van der Waals surface area contributed by atoms with Gasteiger partial charge in [0.25, 0.3) is 0 Å². The van der Waals surface area contributed by atoms with Crippen molar-refractivity contribution < 1.29 is 42.2 Å². The maximum absolute atomic E-state index is 13.9. The first-order valence-electron chi connectivity index (χ1n) is 17.8. The van der Waals surface area contributed by atoms with Crippen molar-refractivity contribution in [3.63, 3.8) is 0 Å². The number of hydrazine groups is 1. The highest BCUT2D eigenvalue weighted by molar-refractivity contribution is 7.91. The van der Waals surface area contributed by atoms with Crippen LogP contribution >= 0.6 is 0 Å². The Morgan fingerprint density at radius 3 is 2.07 bits per heavy atom. The Morgan fingerprint density at radius 2 is 1.51 bits per heavy atom. The first-order valence-corrected chi connectivity index (χ1v) is 19.4. The molecule has 0 saturated carbocycles. The minimum Gasteiger partial charge on any atom is -0.479 e. The van der Waals surface area contributed by atoms with E-state index in [2.05, 4.69) is 10.3 Å². The molecule has 0 radical (unpaired) electrons. The fourth-order valence-corrected chi connectivity index (χ4v) is 6.79. The molecule has 4 N–H and O–H groups in total. The van der Waals surface area contributed by atoms with Crippen LogP contribution in [0.15, 0.2) is 84.0 Å². The highest BCUT2D eigenvalue weighted by Gasteiger charge is 2.42. The van der Waals surface area contributed by atoms with Crippen molar-refractivity contribution in [2.24, 2.45) is 5.73 Å². The van der Waals surface area contributed by atoms with Gasteiger partial charge in [0.05, 0.1) is 16.3 Å². The van der Waals surface area contributed by atoms with Crippen LogP contribution in [-0.2, 0) is 41.9 Å². The molecule has 3 amide bonds. The molecule has 0 saturated heterocycles. The van der Waals surface area contributed by atoms with Crippen molar-refractivity contribution in [1.82, 2.24) is 9.99 Å². The van der Waals surface area contributed by atoms with Crippen LogP contribution in [0.25, 0.3) is 10.8 Å². The highest BCUT2D eigenvalue weighted by atomic mass is 32.2. The summed E-state index contributed by atoms with van der Waals surface area (Å²) in [6, 6.07) is 16.2. The van der Waals surface area contributed by atoms with E-state index in [1.54, 1.807) is 115 Å². The molecule has 15 heteroatoms. The number of aliphatic carboxylic acids is 1. The Bertz CT molecular complexity index is 2110. The Labute approximate surface area is 321 Å². The van der Waals surface area contributed by atoms with E-state index in [9.17, 15) is 32.7 Å². The van der Waals surface area contributed by atoms with E-state index in [1.807, 2.05) is 0 Å². The summed E-state index contributed by atoms with van der Waals surface area (Å²) in [5.74, 6) is -1.71. The second kappa shape index (κ2) is 17.3. The lowest BCUT2D eigenvalue weighted by Crippen LogP contribution is -2.56. The summed E-state index contributed by atoms with van der Waals surface area (Å²) in [5, 5.41) is 16.6. The lowest BCUT2D eigenvalue weighted by atomic mass is 10.0. The SMILES string of the molecule is CCS(=O)(=O)c1ccc(NC(=O)CCCc2ccc(C(C(=O)O)N(c3ccc4cnccc4c3)N(C(=O)OC(C)(C)C)C(=O)OC(C)(C)C)cc2)cc1CN. The largest absolute Gasteiger partial charge is 0.479 e. The van der Waals surface area contributed by atoms with Crippen molar-refractivity contribution in [2.75, 3.05) is 16.1 Å². The van der Waals surface area contributed by atoms with Crippen LogP contribution in [0.2, 0.25) is 0 Å². The lowest BCUT2D eigenvalue weighted by molar-refractivity contribution is -0.139. The molecule has 0 spiro atoms. The number of imide groups is 1. The quantitative estimate of drug-likeness (QED) is 0.116. The number of nitrogens with one attached hydrogen (secondary N) is 1. The molecule has 1 atom stereocenters. The summed E-state index contributed by atoms with van der Waals surface area (Å²) in [4.78, 5) is 58.0. The number of hydrogen-bond donors (Lipinski definition) is 3. The smallest absolute Gasteiger partial charge is 0.439 e. The van der Waals surface area contributed by atoms with Gasteiger partial charge in [0.1, 0.15) is 11.2 Å². The maximum atomic E-state index is 13.9. The number of carboxylic acids is 1. The number of hydrogen-bond acceptors (Lipinski definition) is 11. The number of fused-ring (bicyclic) bond motifs is 1. The number of rotatable bonds is 13. The van der Waals surface area contributed by atoms with Gasteiger partial charge in [-0.15, -0.1) is 5.01 Å². The van der Waals surface area contributed by atoms with Gasteiger partial charge in [-0.3, -0.25) is 14.8 Å². The van der Waals surface area contributed by atoms with Gasteiger partial charge >= 0.3 is 18.2 Å². The lowest BCUT2D eigenvalue weighted by Gasteiger charge is -2.39.